The molecule has 1 saturated carbocycles. The molecule has 2 fully saturated rings. The monoisotopic (exact) mass is 491 g/mol. The van der Waals surface area contributed by atoms with Gasteiger partial charge in [0.2, 0.25) is 0 Å². The maximum absolute atomic E-state index is 14.3. The van der Waals surface area contributed by atoms with Crippen LogP contribution in [0.25, 0.3) is 22.0 Å². The zero-order chi connectivity index (χ0) is 24.7. The summed E-state index contributed by atoms with van der Waals surface area (Å²) < 4.78 is 30.1. The highest BCUT2D eigenvalue weighted by Gasteiger charge is 2.44. The third kappa shape index (κ3) is 4.33. The van der Waals surface area contributed by atoms with E-state index in [0.29, 0.717) is 48.2 Å². The molecule has 180 valence electrons. The summed E-state index contributed by atoms with van der Waals surface area (Å²) in [6.07, 6.45) is 3.26. The minimum atomic E-state index is -1.24. The molecule has 9 heteroatoms. The molecule has 1 aliphatic carbocycles. The molecular weight excluding hydrogens is 465 g/mol. The van der Waals surface area contributed by atoms with E-state index in [1.165, 1.54) is 12.1 Å². The first kappa shape index (κ1) is 23.5. The van der Waals surface area contributed by atoms with E-state index in [9.17, 15) is 18.7 Å². The van der Waals surface area contributed by atoms with Crippen LogP contribution in [0.3, 0.4) is 0 Å². The molecular formula is C26H26FN5O2S. The fraction of sp³-hybridized carbons (Fsp3) is 0.346. The Kier molecular flexibility index (Phi) is 6.13. The van der Waals surface area contributed by atoms with Crippen LogP contribution in [0.1, 0.15) is 28.8 Å². The van der Waals surface area contributed by atoms with Gasteiger partial charge in [-0.25, -0.2) is 17.2 Å². The van der Waals surface area contributed by atoms with E-state index in [4.69, 9.17) is 0 Å². The molecule has 3 aromatic rings. The second-order valence-corrected chi connectivity index (χ2v) is 11.0. The average molecular weight is 492 g/mol. The molecule has 1 aliphatic heterocycles. The van der Waals surface area contributed by atoms with Crippen LogP contribution in [0.5, 0.6) is 0 Å². The molecule has 2 aliphatic rings. The highest BCUT2D eigenvalue weighted by Crippen LogP contribution is 2.48. The molecule has 1 aromatic heterocycles. The lowest BCUT2D eigenvalue weighted by Crippen LogP contribution is -2.51. The lowest BCUT2D eigenvalue weighted by atomic mass is 9.91. The largest absolute Gasteiger partial charge is 0.336 e. The van der Waals surface area contributed by atoms with Crippen molar-refractivity contribution in [3.05, 3.63) is 65.6 Å². The van der Waals surface area contributed by atoms with Crippen molar-refractivity contribution in [2.75, 3.05) is 40.3 Å². The van der Waals surface area contributed by atoms with Crippen molar-refractivity contribution in [1.82, 2.24) is 18.5 Å². The molecule has 2 heterocycles. The molecule has 1 unspecified atom stereocenters. The first-order chi connectivity index (χ1) is 16.8. The molecule has 0 bridgehead atoms. The van der Waals surface area contributed by atoms with Gasteiger partial charge in [0, 0.05) is 57.4 Å². The molecule has 35 heavy (non-hydrogen) atoms. The summed E-state index contributed by atoms with van der Waals surface area (Å²) in [6.45, 7) is 1.85. The maximum Gasteiger partial charge on any atom is 0.256 e. The number of nitriles is 1. The van der Waals surface area contributed by atoms with Crippen LogP contribution >= 0.6 is 0 Å². The maximum atomic E-state index is 14.3. The van der Waals surface area contributed by atoms with Crippen LogP contribution in [0.15, 0.2) is 48.7 Å². The van der Waals surface area contributed by atoms with E-state index in [-0.39, 0.29) is 5.91 Å². The van der Waals surface area contributed by atoms with Gasteiger partial charge in [0.1, 0.15) is 5.82 Å². The summed E-state index contributed by atoms with van der Waals surface area (Å²) in [5, 5.41) is 10.1. The van der Waals surface area contributed by atoms with Gasteiger partial charge in [0.15, 0.2) is 11.2 Å². The molecule has 1 amide bonds. The van der Waals surface area contributed by atoms with Gasteiger partial charge in [0.05, 0.1) is 22.6 Å². The van der Waals surface area contributed by atoms with Crippen LogP contribution in [0, 0.1) is 17.1 Å². The number of halogens is 1. The Balaban J connectivity index is 1.52. The van der Waals surface area contributed by atoms with E-state index < -0.39 is 22.4 Å². The highest BCUT2D eigenvalue weighted by atomic mass is 32.2. The fourth-order valence-electron chi connectivity index (χ4n) is 4.63. The number of aromatic nitrogens is 1. The Bertz CT molecular complexity index is 1360. The summed E-state index contributed by atoms with van der Waals surface area (Å²) in [5.41, 5.74) is 2.97. The van der Waals surface area contributed by atoms with Crippen molar-refractivity contribution in [2.45, 2.75) is 18.3 Å². The predicted molar refractivity (Wildman–Crippen MR) is 133 cm³/mol. The summed E-state index contributed by atoms with van der Waals surface area (Å²) in [5.74, 6) is -0.586. The normalized spacial score (nSPS) is 18.4. The van der Waals surface area contributed by atoms with Crippen molar-refractivity contribution >= 4 is 28.0 Å². The SMILES string of the molecule is CN(C)S(=O)N1CCN(C(=O)c2cnc3ccc(F)cc3c2-c2ccc(C3(C#N)CC3)cc2)CC1. The number of hydrogen-bond acceptors (Lipinski definition) is 4. The Morgan fingerprint density at radius 3 is 2.40 bits per heavy atom. The van der Waals surface area contributed by atoms with Gasteiger partial charge in [-0.1, -0.05) is 24.3 Å². The zero-order valence-corrected chi connectivity index (χ0v) is 20.5. The van der Waals surface area contributed by atoms with Crippen LogP contribution in [0.2, 0.25) is 0 Å². The number of amides is 1. The number of benzene rings is 2. The van der Waals surface area contributed by atoms with Gasteiger partial charge in [0.25, 0.3) is 5.91 Å². The number of carbonyl (C=O) groups is 1. The van der Waals surface area contributed by atoms with E-state index in [1.54, 1.807) is 35.6 Å². The number of piperazine rings is 1. The summed E-state index contributed by atoms with van der Waals surface area (Å²) >= 11 is -1.24. The first-order valence-electron chi connectivity index (χ1n) is 11.6. The molecule has 0 N–H and O–H groups in total. The number of nitrogens with zero attached hydrogens (tertiary/aromatic N) is 5. The second kappa shape index (κ2) is 9.11. The number of carbonyl (C=O) groups excluding carboxylic acids is 1. The highest BCUT2D eigenvalue weighted by molar-refractivity contribution is 7.80. The molecule has 7 nitrogen and oxygen atoms in total. The summed E-state index contributed by atoms with van der Waals surface area (Å²) in [4.78, 5) is 19.8. The smallest absolute Gasteiger partial charge is 0.256 e. The molecule has 2 aromatic carbocycles. The fourth-order valence-corrected chi connectivity index (χ4v) is 5.57. The quantitative estimate of drug-likeness (QED) is 0.547. The Hall–Kier alpha value is -3.19. The van der Waals surface area contributed by atoms with E-state index in [0.717, 1.165) is 24.0 Å². The van der Waals surface area contributed by atoms with Crippen molar-refractivity contribution < 1.29 is 13.4 Å². The van der Waals surface area contributed by atoms with Crippen molar-refractivity contribution in [2.24, 2.45) is 0 Å². The Labute approximate surface area is 206 Å². The standard InChI is InChI=1S/C26H26FN5O2S/c1-30(2)35(34)32-13-11-31(12-14-32)25(33)22-16-29-23-8-7-20(27)15-21(23)24(22)18-3-5-19(6-4-18)26(17-28)9-10-26/h3-8,15-16H,9-14H2,1-2H3. The van der Waals surface area contributed by atoms with E-state index in [2.05, 4.69) is 11.1 Å². The van der Waals surface area contributed by atoms with Crippen molar-refractivity contribution in [3.8, 4) is 17.2 Å². The van der Waals surface area contributed by atoms with Crippen LogP contribution in [-0.4, -0.2) is 68.9 Å². The lowest BCUT2D eigenvalue weighted by molar-refractivity contribution is 0.0699. The van der Waals surface area contributed by atoms with Gasteiger partial charge in [-0.05, 0) is 42.2 Å². The van der Waals surface area contributed by atoms with Gasteiger partial charge in [-0.3, -0.25) is 9.78 Å². The topological polar surface area (TPSA) is 80.5 Å². The molecule has 1 saturated heterocycles. The van der Waals surface area contributed by atoms with E-state index in [1.807, 2.05) is 28.6 Å². The van der Waals surface area contributed by atoms with Crippen molar-refractivity contribution in [3.63, 3.8) is 0 Å². The summed E-state index contributed by atoms with van der Waals surface area (Å²) in [6, 6.07) is 14.5. The second-order valence-electron chi connectivity index (χ2n) is 9.24. The van der Waals surface area contributed by atoms with Crippen LogP contribution in [-0.2, 0) is 16.6 Å². The minimum absolute atomic E-state index is 0.186. The predicted octanol–water partition coefficient (Wildman–Crippen LogP) is 3.49. The van der Waals surface area contributed by atoms with Crippen LogP contribution < -0.4 is 0 Å². The van der Waals surface area contributed by atoms with Crippen molar-refractivity contribution in [1.29, 1.82) is 5.26 Å². The first-order valence-corrected chi connectivity index (χ1v) is 12.6. The molecule has 1 atom stereocenters. The van der Waals surface area contributed by atoms with Gasteiger partial charge >= 0.3 is 0 Å². The van der Waals surface area contributed by atoms with Crippen LogP contribution in [0.4, 0.5) is 4.39 Å². The Morgan fingerprint density at radius 2 is 1.80 bits per heavy atom. The van der Waals surface area contributed by atoms with E-state index >= 15 is 0 Å². The number of fused-ring (bicyclic) bond motifs is 1. The van der Waals surface area contributed by atoms with Gasteiger partial charge < -0.3 is 4.90 Å². The summed E-state index contributed by atoms with van der Waals surface area (Å²) in [7, 11) is 3.51. The molecule has 0 spiro atoms. The van der Waals surface area contributed by atoms with Gasteiger partial charge in [-0.15, -0.1) is 0 Å². The lowest BCUT2D eigenvalue weighted by Gasteiger charge is -2.35. The number of pyridine rings is 1. The Morgan fingerprint density at radius 1 is 1.11 bits per heavy atom. The average Bonchev–Trinajstić information content (AvgIpc) is 3.68. The van der Waals surface area contributed by atoms with Gasteiger partial charge in [-0.2, -0.15) is 5.26 Å². The minimum Gasteiger partial charge on any atom is -0.336 e. The third-order valence-corrected chi connectivity index (χ3v) is 8.24. The number of hydrogen-bond donors (Lipinski definition) is 0. The third-order valence-electron chi connectivity index (χ3n) is 6.81. The number of rotatable bonds is 5. The zero-order valence-electron chi connectivity index (χ0n) is 19.7. The molecule has 5 rings (SSSR count). The molecule has 0 radical (unpaired) electrons.